The highest BCUT2D eigenvalue weighted by atomic mass is 32.1. The zero-order valence-electron chi connectivity index (χ0n) is 22.6. The van der Waals surface area contributed by atoms with E-state index in [1.54, 1.807) is 0 Å². The van der Waals surface area contributed by atoms with Gasteiger partial charge in [-0.2, -0.15) is 5.26 Å². The molecular weight excluding hydrogens is 530 g/mol. The number of benzene rings is 1. The Kier molecular flexibility index (Phi) is 6.56. The van der Waals surface area contributed by atoms with Gasteiger partial charge < -0.3 is 20.7 Å². The lowest BCUT2D eigenvalue weighted by molar-refractivity contribution is 0.193. The third-order valence-corrected chi connectivity index (χ3v) is 10.4. The summed E-state index contributed by atoms with van der Waals surface area (Å²) in [7, 11) is 1.94. The molecule has 2 bridgehead atoms. The van der Waals surface area contributed by atoms with Crippen LogP contribution < -0.4 is 20.7 Å². The molecule has 0 saturated carbocycles. The van der Waals surface area contributed by atoms with Gasteiger partial charge in [-0.15, -0.1) is 11.3 Å². The van der Waals surface area contributed by atoms with Crippen LogP contribution in [0.1, 0.15) is 54.0 Å². The quantitative estimate of drug-likeness (QED) is 0.471. The first-order valence-corrected chi connectivity index (χ1v) is 15.1. The van der Waals surface area contributed by atoms with Gasteiger partial charge in [0, 0.05) is 59.6 Å². The minimum Gasteiger partial charge on any atom is -0.476 e. The van der Waals surface area contributed by atoms with Crippen LogP contribution >= 0.6 is 11.3 Å². The highest BCUT2D eigenvalue weighted by Gasteiger charge is 2.36. The number of aromatic nitrogens is 1. The number of hydrogen-bond acceptors (Lipinski definition) is 8. The summed E-state index contributed by atoms with van der Waals surface area (Å²) in [5.41, 5.74) is 10.9. The average Bonchev–Trinajstić information content (AvgIpc) is 3.58. The summed E-state index contributed by atoms with van der Waals surface area (Å²) in [6.45, 7) is 2.78. The van der Waals surface area contributed by atoms with Crippen LogP contribution in [0.5, 0.6) is 5.88 Å². The number of nitrogen functional groups attached to an aromatic ring is 1. The number of fused-ring (bicyclic) bond motifs is 4. The van der Waals surface area contributed by atoms with Crippen molar-refractivity contribution >= 4 is 32.1 Å². The molecule has 3 aliphatic heterocycles. The fraction of sp³-hybridized carbons (Fsp3) is 0.533. The van der Waals surface area contributed by atoms with Crippen LogP contribution in [0.4, 0.5) is 19.5 Å². The van der Waals surface area contributed by atoms with Crippen molar-refractivity contribution in [3.05, 3.63) is 46.4 Å². The SMILES string of the molecule is CN1C[C@@H](F)C[C@H]1COc1cc(N2CC3CCC(C2)N3)c2c(n1)CC(c1ccc(F)c3c(C#N)c(N)sc13)CC2. The van der Waals surface area contributed by atoms with Gasteiger partial charge in [-0.05, 0) is 68.7 Å². The van der Waals surface area contributed by atoms with Gasteiger partial charge in [-0.1, -0.05) is 6.07 Å². The molecule has 3 aromatic rings. The molecule has 2 aromatic heterocycles. The summed E-state index contributed by atoms with van der Waals surface area (Å²) in [5.74, 6) is 0.312. The number of rotatable bonds is 5. The third-order valence-electron chi connectivity index (χ3n) is 9.36. The van der Waals surface area contributed by atoms with E-state index in [4.69, 9.17) is 15.5 Å². The Morgan fingerprint density at radius 1 is 1.23 bits per heavy atom. The summed E-state index contributed by atoms with van der Waals surface area (Å²) in [4.78, 5) is 9.54. The lowest BCUT2D eigenvalue weighted by Gasteiger charge is -2.37. The summed E-state index contributed by atoms with van der Waals surface area (Å²) < 4.78 is 35.8. The first-order chi connectivity index (χ1) is 19.4. The van der Waals surface area contributed by atoms with Crippen LogP contribution in [-0.2, 0) is 12.8 Å². The molecule has 7 nitrogen and oxygen atoms in total. The molecule has 5 atom stereocenters. The largest absolute Gasteiger partial charge is 0.476 e. The Balaban J connectivity index is 1.23. The minimum absolute atomic E-state index is 0.0326. The van der Waals surface area contributed by atoms with Crippen LogP contribution in [-0.4, -0.2) is 67.5 Å². The maximum absolute atomic E-state index is 14.8. The van der Waals surface area contributed by atoms with E-state index < -0.39 is 12.0 Å². The number of hydrogen-bond donors (Lipinski definition) is 2. The molecule has 10 heteroatoms. The Labute approximate surface area is 236 Å². The van der Waals surface area contributed by atoms with Crippen molar-refractivity contribution in [2.24, 2.45) is 0 Å². The fourth-order valence-corrected chi connectivity index (χ4v) is 8.44. The third kappa shape index (κ3) is 4.48. The van der Waals surface area contributed by atoms with Crippen molar-refractivity contribution in [3.8, 4) is 11.9 Å². The molecule has 4 aliphatic rings. The van der Waals surface area contributed by atoms with E-state index in [1.807, 2.05) is 18.0 Å². The topological polar surface area (TPSA) is 90.4 Å². The van der Waals surface area contributed by atoms with Crippen molar-refractivity contribution in [1.82, 2.24) is 15.2 Å². The first-order valence-electron chi connectivity index (χ1n) is 14.3. The average molecular weight is 565 g/mol. The number of ether oxygens (including phenoxy) is 1. The second-order valence-corrected chi connectivity index (χ2v) is 13.0. The summed E-state index contributed by atoms with van der Waals surface area (Å²) in [6, 6.07) is 8.54. The zero-order chi connectivity index (χ0) is 27.5. The molecule has 5 heterocycles. The predicted octanol–water partition coefficient (Wildman–Crippen LogP) is 4.52. The van der Waals surface area contributed by atoms with Crippen molar-refractivity contribution in [2.45, 2.75) is 68.7 Å². The van der Waals surface area contributed by atoms with Gasteiger partial charge in [-0.25, -0.2) is 13.8 Å². The zero-order valence-corrected chi connectivity index (χ0v) is 23.4. The van der Waals surface area contributed by atoms with E-state index in [1.165, 1.54) is 41.5 Å². The van der Waals surface area contributed by atoms with Crippen molar-refractivity contribution < 1.29 is 13.5 Å². The van der Waals surface area contributed by atoms with E-state index >= 15 is 0 Å². The van der Waals surface area contributed by atoms with Gasteiger partial charge >= 0.3 is 0 Å². The molecule has 7 rings (SSSR count). The standard InChI is InChI=1S/C30H34F2N6OS/c1-37-12-17(31)9-20(37)15-39-27-10-26(38-13-18-3-4-19(14-38)35-18)22-5-2-16(8-25(22)36-27)21-6-7-24(32)28-23(11-33)30(34)40-29(21)28/h6-7,10,16-20,35H,2-5,8-9,12-15,34H2,1H3/t16?,17-,18?,19?,20-/m0/s1. The Morgan fingerprint density at radius 3 is 2.75 bits per heavy atom. The second kappa shape index (κ2) is 10.1. The molecule has 3 fully saturated rings. The second-order valence-electron chi connectivity index (χ2n) is 11.9. The van der Waals surface area contributed by atoms with Crippen LogP contribution in [0.3, 0.4) is 0 Å². The number of halogens is 2. The molecular formula is C30H34F2N6OS. The number of nitrogens with zero attached hydrogens (tertiary/aromatic N) is 4. The van der Waals surface area contributed by atoms with Crippen LogP contribution in [0.2, 0.25) is 0 Å². The number of likely N-dealkylation sites (N-methyl/N-ethyl adjacent to an activating group) is 1. The number of nitrogens with two attached hydrogens (primary N) is 1. The van der Waals surface area contributed by atoms with Crippen molar-refractivity contribution in [1.29, 1.82) is 5.26 Å². The number of nitrogens with one attached hydrogen (secondary N) is 1. The van der Waals surface area contributed by atoms with E-state index in [-0.39, 0.29) is 17.5 Å². The molecule has 0 amide bonds. The monoisotopic (exact) mass is 564 g/mol. The molecule has 3 N–H and O–H groups in total. The van der Waals surface area contributed by atoms with Crippen LogP contribution in [0.25, 0.3) is 10.1 Å². The molecule has 0 spiro atoms. The van der Waals surface area contributed by atoms with Crippen LogP contribution in [0, 0.1) is 17.1 Å². The molecule has 3 saturated heterocycles. The number of alkyl halides is 1. The summed E-state index contributed by atoms with van der Waals surface area (Å²) >= 11 is 1.30. The van der Waals surface area contributed by atoms with E-state index in [0.29, 0.717) is 54.3 Å². The number of pyridine rings is 1. The minimum atomic E-state index is -0.817. The van der Waals surface area contributed by atoms with Gasteiger partial charge in [0.1, 0.15) is 29.7 Å². The lowest BCUT2D eigenvalue weighted by Crippen LogP contribution is -2.51. The van der Waals surface area contributed by atoms with Crippen LogP contribution in [0.15, 0.2) is 18.2 Å². The number of nitriles is 1. The number of thiophene rings is 1. The lowest BCUT2D eigenvalue weighted by atomic mass is 9.81. The Hall–Kier alpha value is -3.00. The normalized spacial score (nSPS) is 28.1. The van der Waals surface area contributed by atoms with E-state index in [9.17, 15) is 14.0 Å². The highest BCUT2D eigenvalue weighted by Crippen LogP contribution is 2.44. The smallest absolute Gasteiger partial charge is 0.215 e. The molecule has 40 heavy (non-hydrogen) atoms. The van der Waals surface area contributed by atoms with E-state index in [2.05, 4.69) is 22.4 Å². The van der Waals surface area contributed by atoms with Gasteiger partial charge in [0.25, 0.3) is 0 Å². The van der Waals surface area contributed by atoms with Gasteiger partial charge in [0.2, 0.25) is 5.88 Å². The molecule has 1 aromatic carbocycles. The molecule has 0 radical (unpaired) electrons. The van der Waals surface area contributed by atoms with Crippen molar-refractivity contribution in [3.63, 3.8) is 0 Å². The molecule has 3 unspecified atom stereocenters. The predicted molar refractivity (Wildman–Crippen MR) is 153 cm³/mol. The highest BCUT2D eigenvalue weighted by molar-refractivity contribution is 7.23. The van der Waals surface area contributed by atoms with E-state index in [0.717, 1.165) is 41.9 Å². The Morgan fingerprint density at radius 2 is 2.02 bits per heavy atom. The Bertz CT molecular complexity index is 1490. The summed E-state index contributed by atoms with van der Waals surface area (Å²) in [6.07, 6.45) is 4.54. The maximum atomic E-state index is 14.8. The molecule has 210 valence electrons. The van der Waals surface area contributed by atoms with Gasteiger partial charge in [0.05, 0.1) is 11.3 Å². The molecule has 1 aliphatic carbocycles. The van der Waals surface area contributed by atoms with Crippen molar-refractivity contribution in [2.75, 3.05) is 43.9 Å². The number of anilines is 2. The fourth-order valence-electron chi connectivity index (χ4n) is 7.32. The van der Waals surface area contributed by atoms with Gasteiger partial charge in [0.15, 0.2) is 0 Å². The summed E-state index contributed by atoms with van der Waals surface area (Å²) in [5, 5.41) is 14.0. The number of likely N-dealkylation sites (tertiary alicyclic amines) is 1. The maximum Gasteiger partial charge on any atom is 0.215 e. The number of piperazine rings is 1. The van der Waals surface area contributed by atoms with Gasteiger partial charge in [-0.3, -0.25) is 4.90 Å². The first kappa shape index (κ1) is 25.9.